The molecule has 0 radical (unpaired) electrons. The van der Waals surface area contributed by atoms with Crippen molar-refractivity contribution in [2.45, 2.75) is 37.9 Å². The third-order valence-electron chi connectivity index (χ3n) is 3.96. The molecule has 0 amide bonds. The standard InChI is InChI=1S/C17H29N3O2S/c1-17(2,21)16-11-20(8-9-22-16)15-7-6-13(12-23-5)18-14(15)10-19(3)4/h6-7,16,21H,8-12H2,1-5H3. The molecule has 1 fully saturated rings. The van der Waals surface area contributed by atoms with Crippen molar-refractivity contribution in [3.05, 3.63) is 23.5 Å². The predicted octanol–water partition coefficient (Wildman–Crippen LogP) is 1.98. The lowest BCUT2D eigenvalue weighted by molar-refractivity contribution is -0.0928. The molecule has 0 aromatic carbocycles. The molecule has 6 heteroatoms. The monoisotopic (exact) mass is 339 g/mol. The average Bonchev–Trinajstić information content (AvgIpc) is 2.46. The number of aliphatic hydroxyl groups is 1. The molecular weight excluding hydrogens is 310 g/mol. The lowest BCUT2D eigenvalue weighted by atomic mass is 10.00. The van der Waals surface area contributed by atoms with Crippen molar-refractivity contribution in [3.8, 4) is 0 Å². The fourth-order valence-electron chi connectivity index (χ4n) is 2.77. The van der Waals surface area contributed by atoms with Gasteiger partial charge in [-0.3, -0.25) is 4.98 Å². The minimum Gasteiger partial charge on any atom is -0.388 e. The normalized spacial score (nSPS) is 19.4. The molecular formula is C17H29N3O2S. The Kier molecular flexibility index (Phi) is 6.31. The quantitative estimate of drug-likeness (QED) is 0.855. The summed E-state index contributed by atoms with van der Waals surface area (Å²) in [6.45, 7) is 6.57. The first kappa shape index (κ1) is 18.5. The molecule has 130 valence electrons. The number of hydrogen-bond donors (Lipinski definition) is 1. The Balaban J connectivity index is 2.26. The van der Waals surface area contributed by atoms with Gasteiger partial charge in [-0.05, 0) is 46.3 Å². The highest BCUT2D eigenvalue weighted by molar-refractivity contribution is 7.97. The highest BCUT2D eigenvalue weighted by atomic mass is 32.2. The number of hydrogen-bond acceptors (Lipinski definition) is 6. The minimum atomic E-state index is -0.841. The zero-order valence-corrected chi connectivity index (χ0v) is 15.7. The largest absolute Gasteiger partial charge is 0.388 e. The third-order valence-corrected chi connectivity index (χ3v) is 4.55. The van der Waals surface area contributed by atoms with E-state index in [0.717, 1.165) is 35.9 Å². The molecule has 1 saturated heterocycles. The maximum atomic E-state index is 10.3. The fraction of sp³-hybridized carbons (Fsp3) is 0.706. The van der Waals surface area contributed by atoms with Crippen molar-refractivity contribution < 1.29 is 9.84 Å². The van der Waals surface area contributed by atoms with Crippen LogP contribution in [0.15, 0.2) is 12.1 Å². The second-order valence-corrected chi connectivity index (χ2v) is 7.76. The number of morpholine rings is 1. The van der Waals surface area contributed by atoms with Gasteiger partial charge in [-0.15, -0.1) is 0 Å². The topological polar surface area (TPSA) is 48.8 Å². The summed E-state index contributed by atoms with van der Waals surface area (Å²) >= 11 is 1.78. The van der Waals surface area contributed by atoms with E-state index in [1.807, 2.05) is 13.8 Å². The molecule has 1 aliphatic rings. The van der Waals surface area contributed by atoms with Gasteiger partial charge in [0, 0.05) is 25.4 Å². The number of thioether (sulfide) groups is 1. The van der Waals surface area contributed by atoms with Gasteiger partial charge in [0.15, 0.2) is 0 Å². The summed E-state index contributed by atoms with van der Waals surface area (Å²) in [5, 5.41) is 10.3. The van der Waals surface area contributed by atoms with Crippen molar-refractivity contribution in [3.63, 3.8) is 0 Å². The fourth-order valence-corrected chi connectivity index (χ4v) is 3.22. The van der Waals surface area contributed by atoms with Gasteiger partial charge >= 0.3 is 0 Å². The van der Waals surface area contributed by atoms with E-state index in [1.54, 1.807) is 11.8 Å². The van der Waals surface area contributed by atoms with Crippen LogP contribution in [-0.4, -0.2) is 66.7 Å². The van der Waals surface area contributed by atoms with Crippen LogP contribution < -0.4 is 4.90 Å². The SMILES string of the molecule is CSCc1ccc(N2CCOC(C(C)(C)O)C2)c(CN(C)C)n1. The molecule has 1 atom stereocenters. The Hall–Kier alpha value is -0.820. The van der Waals surface area contributed by atoms with Crippen LogP contribution in [0.25, 0.3) is 0 Å². The van der Waals surface area contributed by atoms with E-state index < -0.39 is 5.60 Å². The lowest BCUT2D eigenvalue weighted by Gasteiger charge is -2.40. The van der Waals surface area contributed by atoms with E-state index in [-0.39, 0.29) is 6.10 Å². The molecule has 0 saturated carbocycles. The summed E-state index contributed by atoms with van der Waals surface area (Å²) in [5.41, 5.74) is 2.52. The molecule has 1 N–H and O–H groups in total. The van der Waals surface area contributed by atoms with Crippen molar-refractivity contribution in [1.82, 2.24) is 9.88 Å². The van der Waals surface area contributed by atoms with E-state index in [9.17, 15) is 5.11 Å². The Morgan fingerprint density at radius 3 is 2.78 bits per heavy atom. The highest BCUT2D eigenvalue weighted by Gasteiger charge is 2.33. The first-order chi connectivity index (χ1) is 10.8. The number of anilines is 1. The van der Waals surface area contributed by atoms with Crippen LogP contribution in [0.3, 0.4) is 0 Å². The van der Waals surface area contributed by atoms with Crippen molar-refractivity contribution in [2.75, 3.05) is 44.9 Å². The van der Waals surface area contributed by atoms with Crippen LogP contribution in [0.2, 0.25) is 0 Å². The van der Waals surface area contributed by atoms with Crippen LogP contribution in [0.5, 0.6) is 0 Å². The molecule has 2 heterocycles. The van der Waals surface area contributed by atoms with E-state index in [1.165, 1.54) is 0 Å². The van der Waals surface area contributed by atoms with E-state index in [2.05, 4.69) is 42.3 Å². The van der Waals surface area contributed by atoms with Gasteiger partial charge in [0.25, 0.3) is 0 Å². The Morgan fingerprint density at radius 1 is 1.43 bits per heavy atom. The van der Waals surface area contributed by atoms with Gasteiger partial charge in [-0.2, -0.15) is 11.8 Å². The van der Waals surface area contributed by atoms with Crippen LogP contribution >= 0.6 is 11.8 Å². The number of nitrogens with zero attached hydrogens (tertiary/aromatic N) is 3. The molecule has 2 rings (SSSR count). The zero-order chi connectivity index (χ0) is 17.0. The van der Waals surface area contributed by atoms with E-state index in [0.29, 0.717) is 13.2 Å². The second-order valence-electron chi connectivity index (χ2n) is 6.90. The second kappa shape index (κ2) is 7.83. The number of ether oxygens (including phenoxy) is 1. The molecule has 0 bridgehead atoms. The maximum absolute atomic E-state index is 10.3. The molecule has 1 unspecified atom stereocenters. The van der Waals surface area contributed by atoms with Gasteiger partial charge < -0.3 is 19.6 Å². The predicted molar refractivity (Wildman–Crippen MR) is 97.1 cm³/mol. The maximum Gasteiger partial charge on any atom is 0.103 e. The Bertz CT molecular complexity index is 517. The van der Waals surface area contributed by atoms with Gasteiger partial charge in [0.2, 0.25) is 0 Å². The van der Waals surface area contributed by atoms with Crippen molar-refractivity contribution in [1.29, 1.82) is 0 Å². The summed E-state index contributed by atoms with van der Waals surface area (Å²) in [5.74, 6) is 0.927. The van der Waals surface area contributed by atoms with E-state index in [4.69, 9.17) is 9.72 Å². The van der Waals surface area contributed by atoms with Crippen LogP contribution in [-0.2, 0) is 17.0 Å². The summed E-state index contributed by atoms with van der Waals surface area (Å²) < 4.78 is 5.75. The smallest absolute Gasteiger partial charge is 0.103 e. The highest BCUT2D eigenvalue weighted by Crippen LogP contribution is 2.26. The first-order valence-corrected chi connectivity index (χ1v) is 9.42. The summed E-state index contributed by atoms with van der Waals surface area (Å²) in [4.78, 5) is 9.29. The molecule has 5 nitrogen and oxygen atoms in total. The third kappa shape index (κ3) is 5.08. The lowest BCUT2D eigenvalue weighted by Crippen LogP contribution is -2.52. The Labute approximate surface area is 144 Å². The molecule has 1 aromatic heterocycles. The van der Waals surface area contributed by atoms with Gasteiger partial charge in [0.1, 0.15) is 6.10 Å². The van der Waals surface area contributed by atoms with Crippen LogP contribution in [0.1, 0.15) is 25.2 Å². The van der Waals surface area contributed by atoms with Gasteiger partial charge in [-0.25, -0.2) is 0 Å². The molecule has 1 aromatic rings. The average molecular weight is 340 g/mol. The molecule has 23 heavy (non-hydrogen) atoms. The van der Waals surface area contributed by atoms with Crippen molar-refractivity contribution in [2.24, 2.45) is 0 Å². The number of rotatable bonds is 6. The molecule has 0 aliphatic carbocycles. The molecule has 1 aliphatic heterocycles. The van der Waals surface area contributed by atoms with E-state index >= 15 is 0 Å². The van der Waals surface area contributed by atoms with Crippen LogP contribution in [0, 0.1) is 0 Å². The summed E-state index contributed by atoms with van der Waals surface area (Å²) in [7, 11) is 4.12. The van der Waals surface area contributed by atoms with Gasteiger partial charge in [0.05, 0.1) is 29.3 Å². The first-order valence-electron chi connectivity index (χ1n) is 8.02. The summed E-state index contributed by atoms with van der Waals surface area (Å²) in [6.07, 6.45) is 1.91. The van der Waals surface area contributed by atoms with Gasteiger partial charge in [-0.1, -0.05) is 0 Å². The Morgan fingerprint density at radius 2 is 2.17 bits per heavy atom. The number of pyridine rings is 1. The van der Waals surface area contributed by atoms with Crippen molar-refractivity contribution >= 4 is 17.4 Å². The summed E-state index contributed by atoms with van der Waals surface area (Å²) in [6, 6.07) is 4.28. The number of aromatic nitrogens is 1. The minimum absolute atomic E-state index is 0.186. The van der Waals surface area contributed by atoms with Crippen LogP contribution in [0.4, 0.5) is 5.69 Å². The molecule has 0 spiro atoms. The zero-order valence-electron chi connectivity index (χ0n) is 14.9.